The molecule has 0 radical (unpaired) electrons. The topological polar surface area (TPSA) is 115 Å². The number of aryl methyl sites for hydroxylation is 2. The predicted molar refractivity (Wildman–Crippen MR) is 135 cm³/mol. The molecule has 0 bridgehead atoms. The molecule has 1 saturated heterocycles. The first-order valence-corrected chi connectivity index (χ1v) is 12.7. The highest BCUT2D eigenvalue weighted by Crippen LogP contribution is 2.30. The van der Waals surface area contributed by atoms with Crippen molar-refractivity contribution in [2.75, 3.05) is 19.8 Å². The number of nitrogens with one attached hydrogen (secondary N) is 1. The number of H-pyrrole nitrogens is 1. The molecule has 4 rings (SSSR count). The molecule has 2 unspecified atom stereocenters. The number of nitrogens with zero attached hydrogens (tertiary/aromatic N) is 5. The molecule has 2 aromatic heterocycles. The average molecular weight is 497 g/mol. The summed E-state index contributed by atoms with van der Waals surface area (Å²) in [6.45, 7) is 12.0. The summed E-state index contributed by atoms with van der Waals surface area (Å²) in [5.74, 6) is 0.276. The fourth-order valence-corrected chi connectivity index (χ4v) is 5.03. The van der Waals surface area contributed by atoms with Gasteiger partial charge in [-0.3, -0.25) is 14.5 Å². The minimum absolute atomic E-state index is 0.0594. The number of carbonyl (C=O) groups excluding carboxylic acids is 1. The molecular formula is C26H36N6O4. The van der Waals surface area contributed by atoms with E-state index in [1.54, 1.807) is 6.92 Å². The van der Waals surface area contributed by atoms with E-state index in [1.807, 2.05) is 19.1 Å². The van der Waals surface area contributed by atoms with Crippen LogP contribution in [0.15, 0.2) is 23.0 Å². The Bertz CT molecular complexity index is 1260. The van der Waals surface area contributed by atoms with Gasteiger partial charge < -0.3 is 14.5 Å². The largest absolute Gasteiger partial charge is 0.465 e. The minimum atomic E-state index is -0.393. The van der Waals surface area contributed by atoms with Crippen molar-refractivity contribution in [2.45, 2.75) is 72.7 Å². The number of hydrogen-bond acceptors (Lipinski definition) is 8. The Hall–Kier alpha value is -3.11. The highest BCUT2D eigenvalue weighted by molar-refractivity contribution is 5.85. The van der Waals surface area contributed by atoms with Gasteiger partial charge in [-0.2, -0.15) is 0 Å². The van der Waals surface area contributed by atoms with E-state index in [0.29, 0.717) is 31.1 Å². The van der Waals surface area contributed by atoms with Crippen molar-refractivity contribution in [3.63, 3.8) is 0 Å². The maximum atomic E-state index is 13.2. The number of tetrazole rings is 1. The Kier molecular flexibility index (Phi) is 8.15. The van der Waals surface area contributed by atoms with E-state index in [0.717, 1.165) is 41.5 Å². The molecule has 1 fully saturated rings. The summed E-state index contributed by atoms with van der Waals surface area (Å²) < 4.78 is 12.6. The van der Waals surface area contributed by atoms with Gasteiger partial charge in [0.05, 0.1) is 24.3 Å². The van der Waals surface area contributed by atoms with E-state index in [9.17, 15) is 9.59 Å². The van der Waals surface area contributed by atoms with Crippen LogP contribution in [0.4, 0.5) is 0 Å². The number of rotatable bonds is 10. The Morgan fingerprint density at radius 1 is 1.31 bits per heavy atom. The monoisotopic (exact) mass is 496 g/mol. The molecule has 1 N–H and O–H groups in total. The lowest BCUT2D eigenvalue weighted by molar-refractivity contribution is -0.144. The van der Waals surface area contributed by atoms with Gasteiger partial charge in [-0.05, 0) is 67.2 Å². The van der Waals surface area contributed by atoms with Crippen LogP contribution in [0.3, 0.4) is 0 Å². The molecular weight excluding hydrogens is 460 g/mol. The predicted octanol–water partition coefficient (Wildman–Crippen LogP) is 3.07. The van der Waals surface area contributed by atoms with Crippen LogP contribution in [-0.4, -0.2) is 61.9 Å². The highest BCUT2D eigenvalue weighted by atomic mass is 16.5. The van der Waals surface area contributed by atoms with Crippen LogP contribution in [0.25, 0.3) is 10.9 Å². The van der Waals surface area contributed by atoms with Crippen LogP contribution < -0.4 is 5.56 Å². The Balaban J connectivity index is 1.73. The average Bonchev–Trinajstić information content (AvgIpc) is 3.50. The molecule has 10 heteroatoms. The van der Waals surface area contributed by atoms with Gasteiger partial charge in [0.25, 0.3) is 5.56 Å². The number of ether oxygens (including phenoxy) is 2. The third-order valence-electron chi connectivity index (χ3n) is 6.79. The number of pyridine rings is 1. The van der Waals surface area contributed by atoms with E-state index in [2.05, 4.69) is 52.2 Å². The molecule has 3 heterocycles. The number of aromatic nitrogens is 5. The van der Waals surface area contributed by atoms with Gasteiger partial charge in [-0.15, -0.1) is 5.10 Å². The zero-order valence-corrected chi connectivity index (χ0v) is 21.8. The molecule has 1 aliphatic rings. The van der Waals surface area contributed by atoms with Crippen molar-refractivity contribution in [2.24, 2.45) is 5.92 Å². The normalized spacial score (nSPS) is 16.8. The first kappa shape index (κ1) is 26.0. The van der Waals surface area contributed by atoms with Gasteiger partial charge in [0.1, 0.15) is 6.54 Å². The van der Waals surface area contributed by atoms with Gasteiger partial charge in [0, 0.05) is 30.6 Å². The molecule has 0 aliphatic carbocycles. The number of hydrogen-bond donors (Lipinski definition) is 1. The summed E-state index contributed by atoms with van der Waals surface area (Å²) >= 11 is 0. The van der Waals surface area contributed by atoms with Crippen LogP contribution >= 0.6 is 0 Å². The smallest absolute Gasteiger partial charge is 0.327 e. The number of benzene rings is 1. The molecule has 3 aromatic rings. The van der Waals surface area contributed by atoms with Gasteiger partial charge in [0.2, 0.25) is 0 Å². The van der Waals surface area contributed by atoms with Gasteiger partial charge in [-0.1, -0.05) is 26.0 Å². The number of esters is 1. The summed E-state index contributed by atoms with van der Waals surface area (Å²) in [5, 5.41) is 13.3. The van der Waals surface area contributed by atoms with Crippen molar-refractivity contribution >= 4 is 16.9 Å². The lowest BCUT2D eigenvalue weighted by atomic mass is 9.99. The van der Waals surface area contributed by atoms with Gasteiger partial charge >= 0.3 is 5.97 Å². The van der Waals surface area contributed by atoms with Crippen LogP contribution in [0.1, 0.15) is 62.2 Å². The summed E-state index contributed by atoms with van der Waals surface area (Å²) in [5.41, 5.74) is 3.57. The molecule has 1 aromatic carbocycles. The number of carbonyl (C=O) groups is 1. The third-order valence-corrected chi connectivity index (χ3v) is 6.79. The quantitative estimate of drug-likeness (QED) is 0.426. The Morgan fingerprint density at radius 3 is 2.78 bits per heavy atom. The molecule has 36 heavy (non-hydrogen) atoms. The van der Waals surface area contributed by atoms with E-state index in [4.69, 9.17) is 9.47 Å². The fraction of sp³-hybridized carbons (Fsp3) is 0.577. The Morgan fingerprint density at radius 2 is 2.08 bits per heavy atom. The summed E-state index contributed by atoms with van der Waals surface area (Å²) in [6, 6.07) is 5.85. The first-order chi connectivity index (χ1) is 17.3. The molecule has 194 valence electrons. The van der Waals surface area contributed by atoms with E-state index >= 15 is 0 Å². The van der Waals surface area contributed by atoms with E-state index < -0.39 is 5.97 Å². The third kappa shape index (κ3) is 5.65. The molecule has 2 atom stereocenters. The van der Waals surface area contributed by atoms with E-state index in [-0.39, 0.29) is 30.2 Å². The van der Waals surface area contributed by atoms with Crippen LogP contribution in [0.2, 0.25) is 0 Å². The lowest BCUT2D eigenvalue weighted by Gasteiger charge is -2.35. The van der Waals surface area contributed by atoms with Crippen molar-refractivity contribution < 1.29 is 14.3 Å². The molecule has 10 nitrogen and oxygen atoms in total. The van der Waals surface area contributed by atoms with Gasteiger partial charge in [0.15, 0.2) is 5.82 Å². The maximum Gasteiger partial charge on any atom is 0.327 e. The Labute approximate surface area is 211 Å². The standard InChI is InChI=1S/C26H36N6O4/c1-6-35-22(33)15-32-25(28-29-30-32)24(16(2)3)31(14-20-8-7-11-36-20)13-19-12-21-17(4)9-10-18(5)23(21)27-26(19)34/h9-10,12,16,20,24H,6-8,11,13-15H2,1-5H3,(H,27,34). The van der Waals surface area contributed by atoms with Crippen LogP contribution in [-0.2, 0) is 27.4 Å². The first-order valence-electron chi connectivity index (χ1n) is 12.7. The maximum absolute atomic E-state index is 13.2. The second-order valence-corrected chi connectivity index (χ2v) is 9.86. The van der Waals surface area contributed by atoms with Crippen molar-refractivity contribution in [3.8, 4) is 0 Å². The molecule has 0 amide bonds. The second kappa shape index (κ2) is 11.3. The summed E-state index contributed by atoms with van der Waals surface area (Å²) in [6.07, 6.45) is 2.03. The zero-order valence-electron chi connectivity index (χ0n) is 21.8. The van der Waals surface area contributed by atoms with Crippen LogP contribution in [0, 0.1) is 19.8 Å². The SMILES string of the molecule is CCOC(=O)Cn1nnnc1C(C(C)C)N(Cc1cc2c(C)ccc(C)c2[nH]c1=O)CC1CCCO1. The van der Waals surface area contributed by atoms with Gasteiger partial charge in [-0.25, -0.2) is 4.68 Å². The lowest BCUT2D eigenvalue weighted by Crippen LogP contribution is -2.40. The zero-order chi connectivity index (χ0) is 25.8. The van der Waals surface area contributed by atoms with Crippen molar-refractivity contribution in [1.29, 1.82) is 0 Å². The molecule has 0 spiro atoms. The summed E-state index contributed by atoms with van der Waals surface area (Å²) in [7, 11) is 0. The van der Waals surface area contributed by atoms with Crippen molar-refractivity contribution in [3.05, 3.63) is 51.1 Å². The van der Waals surface area contributed by atoms with Crippen molar-refractivity contribution in [1.82, 2.24) is 30.1 Å². The number of aromatic amines is 1. The second-order valence-electron chi connectivity index (χ2n) is 9.86. The highest BCUT2D eigenvalue weighted by Gasteiger charge is 2.33. The minimum Gasteiger partial charge on any atom is -0.465 e. The van der Waals surface area contributed by atoms with E-state index in [1.165, 1.54) is 4.68 Å². The fourth-order valence-electron chi connectivity index (χ4n) is 5.03. The van der Waals surface area contributed by atoms with Crippen LogP contribution in [0.5, 0.6) is 0 Å². The molecule has 1 aliphatic heterocycles. The summed E-state index contributed by atoms with van der Waals surface area (Å²) in [4.78, 5) is 30.7. The number of fused-ring (bicyclic) bond motifs is 1. The molecule has 0 saturated carbocycles.